The molecule has 0 unspecified atom stereocenters. The lowest BCUT2D eigenvalue weighted by Gasteiger charge is -2.38. The SMILES string of the molecule is CN1CCN(CC(C)(C)Nc2nccc3cccnc23)CC1. The van der Waals surface area contributed by atoms with E-state index in [0.717, 1.165) is 49.4 Å². The maximum absolute atomic E-state index is 4.50. The van der Waals surface area contributed by atoms with Crippen molar-refractivity contribution >= 4 is 16.7 Å². The molecule has 3 rings (SSSR count). The fourth-order valence-corrected chi connectivity index (χ4v) is 3.02. The van der Waals surface area contributed by atoms with Gasteiger partial charge in [-0.3, -0.25) is 9.88 Å². The largest absolute Gasteiger partial charge is 0.362 e. The molecule has 0 aromatic carbocycles. The second-order valence-corrected chi connectivity index (χ2v) is 6.82. The lowest BCUT2D eigenvalue weighted by atomic mass is 10.0. The highest BCUT2D eigenvalue weighted by Crippen LogP contribution is 2.22. The van der Waals surface area contributed by atoms with Crippen LogP contribution in [0, 0.1) is 0 Å². The summed E-state index contributed by atoms with van der Waals surface area (Å²) in [6.45, 7) is 10.0. The molecule has 1 N–H and O–H groups in total. The van der Waals surface area contributed by atoms with Crippen molar-refractivity contribution < 1.29 is 0 Å². The van der Waals surface area contributed by atoms with E-state index in [9.17, 15) is 0 Å². The first kappa shape index (κ1) is 15.2. The summed E-state index contributed by atoms with van der Waals surface area (Å²) in [6.07, 6.45) is 3.67. The second-order valence-electron chi connectivity index (χ2n) is 6.82. The van der Waals surface area contributed by atoms with E-state index in [1.807, 2.05) is 24.5 Å². The Kier molecular flexibility index (Phi) is 4.27. The van der Waals surface area contributed by atoms with Crippen LogP contribution >= 0.6 is 0 Å². The zero-order valence-corrected chi connectivity index (χ0v) is 13.7. The van der Waals surface area contributed by atoms with E-state index in [1.165, 1.54) is 0 Å². The van der Waals surface area contributed by atoms with Crippen molar-refractivity contribution in [2.45, 2.75) is 19.4 Å². The highest BCUT2D eigenvalue weighted by atomic mass is 15.3. The topological polar surface area (TPSA) is 44.3 Å². The predicted molar refractivity (Wildman–Crippen MR) is 91.2 cm³/mol. The summed E-state index contributed by atoms with van der Waals surface area (Å²) < 4.78 is 0. The molecule has 0 saturated carbocycles. The van der Waals surface area contributed by atoms with Crippen molar-refractivity contribution in [3.05, 3.63) is 30.6 Å². The number of hydrogen-bond donors (Lipinski definition) is 1. The van der Waals surface area contributed by atoms with Crippen molar-refractivity contribution in [1.29, 1.82) is 0 Å². The van der Waals surface area contributed by atoms with Gasteiger partial charge in [0.25, 0.3) is 0 Å². The number of nitrogens with zero attached hydrogens (tertiary/aromatic N) is 4. The van der Waals surface area contributed by atoms with Crippen LogP contribution in [0.15, 0.2) is 30.6 Å². The fourth-order valence-electron chi connectivity index (χ4n) is 3.02. The van der Waals surface area contributed by atoms with E-state index < -0.39 is 0 Å². The van der Waals surface area contributed by atoms with Crippen LogP contribution in [0.25, 0.3) is 10.9 Å². The first-order valence-electron chi connectivity index (χ1n) is 7.92. The van der Waals surface area contributed by atoms with Gasteiger partial charge >= 0.3 is 0 Å². The Balaban J connectivity index is 1.72. The lowest BCUT2D eigenvalue weighted by Crippen LogP contribution is -2.51. The average Bonchev–Trinajstić information content (AvgIpc) is 2.49. The van der Waals surface area contributed by atoms with Crippen LogP contribution in [0.3, 0.4) is 0 Å². The third kappa shape index (κ3) is 3.54. The molecule has 0 aliphatic carbocycles. The van der Waals surface area contributed by atoms with Crippen molar-refractivity contribution in [3.8, 4) is 0 Å². The van der Waals surface area contributed by atoms with Gasteiger partial charge in [0.1, 0.15) is 5.52 Å². The van der Waals surface area contributed by atoms with Gasteiger partial charge in [0.15, 0.2) is 5.82 Å². The maximum Gasteiger partial charge on any atom is 0.152 e. The molecule has 22 heavy (non-hydrogen) atoms. The molecule has 2 aromatic heterocycles. The highest BCUT2D eigenvalue weighted by Gasteiger charge is 2.25. The zero-order chi connectivity index (χ0) is 15.6. The molecule has 5 nitrogen and oxygen atoms in total. The number of piperazine rings is 1. The van der Waals surface area contributed by atoms with Crippen molar-refractivity contribution in [2.75, 3.05) is 45.1 Å². The summed E-state index contributed by atoms with van der Waals surface area (Å²) in [7, 11) is 2.19. The summed E-state index contributed by atoms with van der Waals surface area (Å²) >= 11 is 0. The monoisotopic (exact) mass is 299 g/mol. The molecule has 1 saturated heterocycles. The van der Waals surface area contributed by atoms with Crippen LogP contribution < -0.4 is 5.32 Å². The Labute approximate surface area is 132 Å². The average molecular weight is 299 g/mol. The Bertz CT molecular complexity index is 626. The number of nitrogens with one attached hydrogen (secondary N) is 1. The van der Waals surface area contributed by atoms with Gasteiger partial charge in [-0.15, -0.1) is 0 Å². The molecule has 1 aliphatic rings. The molecule has 118 valence electrons. The molecule has 0 bridgehead atoms. The first-order chi connectivity index (χ1) is 10.5. The molecular weight excluding hydrogens is 274 g/mol. The zero-order valence-electron chi connectivity index (χ0n) is 13.7. The Hall–Kier alpha value is -1.72. The molecule has 1 fully saturated rings. The number of aromatic nitrogens is 2. The number of anilines is 1. The maximum atomic E-state index is 4.50. The third-order valence-electron chi connectivity index (χ3n) is 4.19. The number of rotatable bonds is 4. The van der Waals surface area contributed by atoms with Crippen LogP contribution in [0.2, 0.25) is 0 Å². The van der Waals surface area contributed by atoms with Gasteiger partial charge < -0.3 is 10.2 Å². The van der Waals surface area contributed by atoms with Gasteiger partial charge in [0.2, 0.25) is 0 Å². The minimum absolute atomic E-state index is 0.0469. The van der Waals surface area contributed by atoms with Crippen LogP contribution in [-0.4, -0.2) is 65.1 Å². The molecule has 0 atom stereocenters. The molecule has 2 aromatic rings. The number of hydrogen-bond acceptors (Lipinski definition) is 5. The van der Waals surface area contributed by atoms with Crippen molar-refractivity contribution in [2.24, 2.45) is 0 Å². The summed E-state index contributed by atoms with van der Waals surface area (Å²) in [4.78, 5) is 13.9. The normalized spacial score (nSPS) is 17.8. The molecule has 1 aliphatic heterocycles. The number of pyridine rings is 2. The minimum Gasteiger partial charge on any atom is -0.362 e. The van der Waals surface area contributed by atoms with E-state index in [2.05, 4.69) is 52.0 Å². The molecule has 0 amide bonds. The van der Waals surface area contributed by atoms with Gasteiger partial charge in [0, 0.05) is 56.0 Å². The fraction of sp³-hybridized carbons (Fsp3) is 0.529. The Morgan fingerprint density at radius 2 is 1.86 bits per heavy atom. The highest BCUT2D eigenvalue weighted by molar-refractivity contribution is 5.87. The first-order valence-corrected chi connectivity index (χ1v) is 7.92. The van der Waals surface area contributed by atoms with Gasteiger partial charge in [-0.05, 0) is 33.0 Å². The van der Waals surface area contributed by atoms with E-state index in [0.29, 0.717) is 0 Å². The Morgan fingerprint density at radius 1 is 1.09 bits per heavy atom. The van der Waals surface area contributed by atoms with Crippen molar-refractivity contribution in [1.82, 2.24) is 19.8 Å². The van der Waals surface area contributed by atoms with Gasteiger partial charge in [-0.2, -0.15) is 0 Å². The van der Waals surface area contributed by atoms with Crippen molar-refractivity contribution in [3.63, 3.8) is 0 Å². The lowest BCUT2D eigenvalue weighted by molar-refractivity contribution is 0.138. The van der Waals surface area contributed by atoms with E-state index in [1.54, 1.807) is 0 Å². The molecule has 5 heteroatoms. The number of fused-ring (bicyclic) bond motifs is 1. The standard InChI is InChI=1S/C17H25N5/c1-17(2,13-22-11-9-21(3)10-12-22)20-16-15-14(6-8-19-16)5-4-7-18-15/h4-8H,9-13H2,1-3H3,(H,19,20). The summed E-state index contributed by atoms with van der Waals surface area (Å²) in [6, 6.07) is 6.03. The molecule has 0 radical (unpaired) electrons. The van der Waals surface area contributed by atoms with Gasteiger partial charge in [-0.25, -0.2) is 4.98 Å². The molecular formula is C17H25N5. The van der Waals surface area contributed by atoms with Gasteiger partial charge in [-0.1, -0.05) is 6.07 Å². The predicted octanol–water partition coefficient (Wildman–Crippen LogP) is 2.07. The smallest absolute Gasteiger partial charge is 0.152 e. The van der Waals surface area contributed by atoms with Crippen LogP contribution in [0.4, 0.5) is 5.82 Å². The number of likely N-dealkylation sites (N-methyl/N-ethyl adjacent to an activating group) is 1. The summed E-state index contributed by atoms with van der Waals surface area (Å²) in [5.41, 5.74) is 0.894. The third-order valence-corrected chi connectivity index (χ3v) is 4.19. The second kappa shape index (κ2) is 6.18. The van der Waals surface area contributed by atoms with E-state index >= 15 is 0 Å². The quantitative estimate of drug-likeness (QED) is 0.936. The summed E-state index contributed by atoms with van der Waals surface area (Å²) in [5, 5.41) is 4.71. The minimum atomic E-state index is -0.0469. The molecule has 3 heterocycles. The van der Waals surface area contributed by atoms with Gasteiger partial charge in [0.05, 0.1) is 0 Å². The van der Waals surface area contributed by atoms with Crippen LogP contribution in [0.1, 0.15) is 13.8 Å². The van der Waals surface area contributed by atoms with Crippen LogP contribution in [0.5, 0.6) is 0 Å². The van der Waals surface area contributed by atoms with E-state index in [4.69, 9.17) is 0 Å². The Morgan fingerprint density at radius 3 is 2.64 bits per heavy atom. The van der Waals surface area contributed by atoms with E-state index in [-0.39, 0.29) is 5.54 Å². The molecule has 0 spiro atoms. The van der Waals surface area contributed by atoms with Crippen LogP contribution in [-0.2, 0) is 0 Å². The summed E-state index contributed by atoms with van der Waals surface area (Å²) in [5.74, 6) is 0.872.